The Bertz CT molecular complexity index is 885. The molecular formula is C25H35N3O4. The zero-order valence-electron chi connectivity index (χ0n) is 19.3. The zero-order valence-corrected chi connectivity index (χ0v) is 19.3. The second-order valence-electron chi connectivity index (χ2n) is 7.98. The molecule has 1 aliphatic rings. The Morgan fingerprint density at radius 3 is 2.41 bits per heavy atom. The first-order valence-electron chi connectivity index (χ1n) is 11.4. The smallest absolute Gasteiger partial charge is 0.287 e. The summed E-state index contributed by atoms with van der Waals surface area (Å²) < 4.78 is 5.64. The van der Waals surface area contributed by atoms with E-state index in [1.165, 1.54) is 19.9 Å². The SMILES string of the molecule is CCC.CNC(=O)CNC(=O)c1ccc(-c2cccc(CNC(=O)C3CCCCC3)c2)o1. The van der Waals surface area contributed by atoms with Crippen molar-refractivity contribution in [2.24, 2.45) is 5.92 Å². The molecule has 1 fully saturated rings. The minimum Gasteiger partial charge on any atom is -0.451 e. The number of amides is 3. The molecule has 1 heterocycles. The fourth-order valence-electron chi connectivity index (χ4n) is 3.48. The first-order chi connectivity index (χ1) is 15.5. The Kier molecular flexibility index (Phi) is 10.5. The molecule has 0 spiro atoms. The van der Waals surface area contributed by atoms with Crippen LogP contribution in [0, 0.1) is 5.92 Å². The van der Waals surface area contributed by atoms with Crippen LogP contribution in [-0.4, -0.2) is 31.3 Å². The predicted molar refractivity (Wildman–Crippen MR) is 125 cm³/mol. The molecule has 3 N–H and O–H groups in total. The molecule has 0 saturated heterocycles. The Morgan fingerprint density at radius 1 is 1.00 bits per heavy atom. The Morgan fingerprint density at radius 2 is 1.72 bits per heavy atom. The average Bonchev–Trinajstić information content (AvgIpc) is 3.32. The lowest BCUT2D eigenvalue weighted by Gasteiger charge is -2.20. The van der Waals surface area contributed by atoms with Crippen molar-refractivity contribution in [3.8, 4) is 11.3 Å². The molecule has 174 valence electrons. The van der Waals surface area contributed by atoms with Gasteiger partial charge in [0, 0.05) is 25.1 Å². The maximum atomic E-state index is 12.3. The van der Waals surface area contributed by atoms with Gasteiger partial charge in [0.15, 0.2) is 5.76 Å². The zero-order chi connectivity index (χ0) is 23.3. The highest BCUT2D eigenvalue weighted by atomic mass is 16.3. The van der Waals surface area contributed by atoms with E-state index in [9.17, 15) is 14.4 Å². The first kappa shape index (κ1) is 25.2. The number of likely N-dealkylation sites (N-methyl/N-ethyl adjacent to an activating group) is 1. The van der Waals surface area contributed by atoms with Gasteiger partial charge in [0.05, 0.1) is 6.54 Å². The van der Waals surface area contributed by atoms with Crippen LogP contribution < -0.4 is 16.0 Å². The van der Waals surface area contributed by atoms with Gasteiger partial charge in [0.25, 0.3) is 5.91 Å². The Hall–Kier alpha value is -3.09. The minimum absolute atomic E-state index is 0.110. The lowest BCUT2D eigenvalue weighted by molar-refractivity contribution is -0.126. The van der Waals surface area contributed by atoms with Crippen molar-refractivity contribution in [1.82, 2.24) is 16.0 Å². The molecule has 7 nitrogen and oxygen atoms in total. The van der Waals surface area contributed by atoms with Crippen LogP contribution in [0.2, 0.25) is 0 Å². The quantitative estimate of drug-likeness (QED) is 0.604. The highest BCUT2D eigenvalue weighted by Crippen LogP contribution is 2.25. The van der Waals surface area contributed by atoms with Gasteiger partial charge in [0.1, 0.15) is 5.76 Å². The van der Waals surface area contributed by atoms with Crippen molar-refractivity contribution < 1.29 is 18.8 Å². The van der Waals surface area contributed by atoms with Gasteiger partial charge >= 0.3 is 0 Å². The summed E-state index contributed by atoms with van der Waals surface area (Å²) in [6.07, 6.45) is 6.68. The summed E-state index contributed by atoms with van der Waals surface area (Å²) in [5.41, 5.74) is 1.79. The highest BCUT2D eigenvalue weighted by Gasteiger charge is 2.20. The second-order valence-corrected chi connectivity index (χ2v) is 7.98. The van der Waals surface area contributed by atoms with Gasteiger partial charge in [-0.3, -0.25) is 14.4 Å². The molecule has 3 amide bonds. The van der Waals surface area contributed by atoms with Crippen molar-refractivity contribution >= 4 is 17.7 Å². The molecule has 7 heteroatoms. The first-order valence-corrected chi connectivity index (χ1v) is 11.4. The van der Waals surface area contributed by atoms with Crippen molar-refractivity contribution in [3.05, 3.63) is 47.7 Å². The van der Waals surface area contributed by atoms with E-state index in [1.807, 2.05) is 24.3 Å². The predicted octanol–water partition coefficient (Wildman–Crippen LogP) is 4.04. The Balaban J connectivity index is 0.00000114. The van der Waals surface area contributed by atoms with Crippen LogP contribution in [0.5, 0.6) is 0 Å². The fourth-order valence-corrected chi connectivity index (χ4v) is 3.48. The highest BCUT2D eigenvalue weighted by molar-refractivity contribution is 5.94. The number of hydrogen-bond acceptors (Lipinski definition) is 4. The number of carbonyl (C=O) groups is 3. The van der Waals surface area contributed by atoms with E-state index in [0.29, 0.717) is 12.3 Å². The summed E-state index contributed by atoms with van der Waals surface area (Å²) >= 11 is 0. The van der Waals surface area contributed by atoms with E-state index in [-0.39, 0.29) is 30.0 Å². The third-order valence-corrected chi connectivity index (χ3v) is 5.17. The van der Waals surface area contributed by atoms with E-state index >= 15 is 0 Å². The molecule has 0 aliphatic heterocycles. The normalized spacial score (nSPS) is 13.5. The fraction of sp³-hybridized carbons (Fsp3) is 0.480. The number of benzene rings is 1. The summed E-state index contributed by atoms with van der Waals surface area (Å²) in [5, 5.41) is 7.97. The van der Waals surface area contributed by atoms with Crippen molar-refractivity contribution in [2.75, 3.05) is 13.6 Å². The average molecular weight is 442 g/mol. The molecular weight excluding hydrogens is 406 g/mol. The van der Waals surface area contributed by atoms with E-state index < -0.39 is 5.91 Å². The Labute approximate surface area is 190 Å². The van der Waals surface area contributed by atoms with Gasteiger partial charge in [-0.15, -0.1) is 0 Å². The lowest BCUT2D eigenvalue weighted by atomic mass is 9.88. The number of furan rings is 1. The van der Waals surface area contributed by atoms with Crippen LogP contribution in [0.4, 0.5) is 0 Å². The molecule has 0 bridgehead atoms. The van der Waals surface area contributed by atoms with E-state index in [1.54, 1.807) is 12.1 Å². The van der Waals surface area contributed by atoms with Gasteiger partial charge in [-0.25, -0.2) is 0 Å². The maximum Gasteiger partial charge on any atom is 0.287 e. The molecule has 3 rings (SSSR count). The summed E-state index contributed by atoms with van der Waals surface area (Å²) in [5.74, 6) is 0.218. The molecule has 0 atom stereocenters. The van der Waals surface area contributed by atoms with Crippen molar-refractivity contribution in [2.45, 2.75) is 58.9 Å². The van der Waals surface area contributed by atoms with Gasteiger partial charge in [-0.2, -0.15) is 0 Å². The van der Waals surface area contributed by atoms with Crippen molar-refractivity contribution in [1.29, 1.82) is 0 Å². The summed E-state index contributed by atoms with van der Waals surface area (Å²) in [4.78, 5) is 35.6. The van der Waals surface area contributed by atoms with Crippen LogP contribution in [0.15, 0.2) is 40.8 Å². The summed E-state index contributed by atoms with van der Waals surface area (Å²) in [7, 11) is 1.50. The molecule has 2 aromatic rings. The topological polar surface area (TPSA) is 100 Å². The van der Waals surface area contributed by atoms with Gasteiger partial charge in [-0.05, 0) is 36.6 Å². The minimum atomic E-state index is -0.448. The molecule has 1 aromatic heterocycles. The molecule has 0 radical (unpaired) electrons. The van der Waals surface area contributed by atoms with E-state index in [0.717, 1.165) is 36.8 Å². The number of rotatable bonds is 7. The van der Waals surface area contributed by atoms with Crippen LogP contribution in [0.3, 0.4) is 0 Å². The maximum absolute atomic E-state index is 12.3. The number of hydrogen-bond donors (Lipinski definition) is 3. The van der Waals surface area contributed by atoms with Crippen LogP contribution in [0.25, 0.3) is 11.3 Å². The van der Waals surface area contributed by atoms with Crippen molar-refractivity contribution in [3.63, 3.8) is 0 Å². The van der Waals surface area contributed by atoms with Gasteiger partial charge in [0.2, 0.25) is 11.8 Å². The largest absolute Gasteiger partial charge is 0.451 e. The molecule has 1 aromatic carbocycles. The van der Waals surface area contributed by atoms with Gasteiger partial charge < -0.3 is 20.4 Å². The number of carbonyl (C=O) groups excluding carboxylic acids is 3. The third-order valence-electron chi connectivity index (χ3n) is 5.17. The summed E-state index contributed by atoms with van der Waals surface area (Å²) in [6, 6.07) is 11.0. The van der Waals surface area contributed by atoms with Crippen LogP contribution in [-0.2, 0) is 16.1 Å². The molecule has 1 saturated carbocycles. The van der Waals surface area contributed by atoms with Crippen LogP contribution in [0.1, 0.15) is 68.5 Å². The lowest BCUT2D eigenvalue weighted by Crippen LogP contribution is -2.34. The molecule has 0 unspecified atom stereocenters. The molecule has 32 heavy (non-hydrogen) atoms. The second kappa shape index (κ2) is 13.3. The molecule has 1 aliphatic carbocycles. The standard InChI is InChI=1S/C22H27N3O4.C3H8/c1-23-20(26)14-25-22(28)19-11-10-18(29-19)17-9-5-6-15(12-17)13-24-21(27)16-7-3-2-4-8-16;1-3-2/h5-6,9-12,16H,2-4,7-8,13-14H2,1H3,(H,23,26)(H,24,27)(H,25,28);3H2,1-2H3. The third kappa shape index (κ3) is 7.87. The number of nitrogens with one attached hydrogen (secondary N) is 3. The summed E-state index contributed by atoms with van der Waals surface area (Å²) in [6.45, 7) is 4.60. The van der Waals surface area contributed by atoms with E-state index in [2.05, 4.69) is 29.8 Å². The van der Waals surface area contributed by atoms with E-state index in [4.69, 9.17) is 4.42 Å². The van der Waals surface area contributed by atoms with Crippen LogP contribution >= 0.6 is 0 Å². The monoisotopic (exact) mass is 441 g/mol. The van der Waals surface area contributed by atoms with Gasteiger partial charge in [-0.1, -0.05) is 57.7 Å².